The Hall–Kier alpha value is -2.58. The van der Waals surface area contributed by atoms with Gasteiger partial charge in [-0.1, -0.05) is 29.4 Å². The molecule has 4 rings (SSSR count). The number of benzene rings is 1. The minimum Gasteiger partial charge on any atom is -0.467 e. The molecule has 0 aliphatic rings. The Labute approximate surface area is 152 Å². The highest BCUT2D eigenvalue weighted by Gasteiger charge is 2.12. The lowest BCUT2D eigenvalue weighted by Gasteiger charge is -2.00. The van der Waals surface area contributed by atoms with Crippen molar-refractivity contribution in [1.29, 1.82) is 0 Å². The van der Waals surface area contributed by atoms with Crippen LogP contribution >= 0.6 is 23.4 Å². The first-order valence-electron chi connectivity index (χ1n) is 7.39. The number of hydrogen-bond donors (Lipinski definition) is 0. The highest BCUT2D eigenvalue weighted by molar-refractivity contribution is 7.98. The van der Waals surface area contributed by atoms with Gasteiger partial charge in [-0.25, -0.2) is 9.67 Å². The van der Waals surface area contributed by atoms with Gasteiger partial charge in [0.25, 0.3) is 0 Å². The Morgan fingerprint density at radius 1 is 1.16 bits per heavy atom. The zero-order valence-corrected chi connectivity index (χ0v) is 14.4. The molecule has 0 unspecified atom stereocenters. The van der Waals surface area contributed by atoms with Crippen molar-refractivity contribution < 1.29 is 8.83 Å². The van der Waals surface area contributed by atoms with Crippen molar-refractivity contribution in [2.45, 2.75) is 17.5 Å². The molecule has 7 nitrogen and oxygen atoms in total. The molecule has 0 fully saturated rings. The van der Waals surface area contributed by atoms with Crippen LogP contribution in [0.2, 0.25) is 5.02 Å². The monoisotopic (exact) mass is 373 g/mol. The van der Waals surface area contributed by atoms with Crippen molar-refractivity contribution >= 4 is 23.4 Å². The summed E-state index contributed by atoms with van der Waals surface area (Å²) >= 11 is 7.48. The van der Waals surface area contributed by atoms with Crippen molar-refractivity contribution in [1.82, 2.24) is 25.2 Å². The van der Waals surface area contributed by atoms with E-state index in [4.69, 9.17) is 20.4 Å². The van der Waals surface area contributed by atoms with Crippen molar-refractivity contribution in [3.8, 4) is 11.5 Å². The number of halogens is 1. The molecular weight excluding hydrogens is 362 g/mol. The first kappa shape index (κ1) is 15.9. The van der Waals surface area contributed by atoms with Crippen LogP contribution in [0.25, 0.3) is 11.5 Å². The van der Waals surface area contributed by atoms with Gasteiger partial charge in [-0.15, -0.1) is 5.10 Å². The Kier molecular flexibility index (Phi) is 4.53. The van der Waals surface area contributed by atoms with Crippen LogP contribution in [0.3, 0.4) is 0 Å². The Morgan fingerprint density at radius 2 is 2.12 bits per heavy atom. The molecule has 4 aromatic rings. The lowest BCUT2D eigenvalue weighted by atomic mass is 10.2. The SMILES string of the molecule is Clc1cccc(-c2nc(CSc3nnnn3Cc3ccco3)co2)c1. The summed E-state index contributed by atoms with van der Waals surface area (Å²) in [5.74, 6) is 1.91. The Morgan fingerprint density at radius 3 is 2.96 bits per heavy atom. The number of aromatic nitrogens is 5. The highest BCUT2D eigenvalue weighted by atomic mass is 35.5. The van der Waals surface area contributed by atoms with Crippen LogP contribution in [0.15, 0.2) is 62.9 Å². The van der Waals surface area contributed by atoms with E-state index in [0.717, 1.165) is 17.0 Å². The second-order valence-electron chi connectivity index (χ2n) is 5.14. The van der Waals surface area contributed by atoms with Crippen LogP contribution in [0.5, 0.6) is 0 Å². The zero-order chi connectivity index (χ0) is 17.1. The van der Waals surface area contributed by atoms with Crippen LogP contribution in [0.1, 0.15) is 11.5 Å². The second-order valence-corrected chi connectivity index (χ2v) is 6.52. The maximum Gasteiger partial charge on any atom is 0.226 e. The predicted molar refractivity (Wildman–Crippen MR) is 92.1 cm³/mol. The molecule has 0 N–H and O–H groups in total. The fraction of sp³-hybridized carbons (Fsp3) is 0.125. The molecule has 0 saturated carbocycles. The number of hydrogen-bond acceptors (Lipinski definition) is 7. The molecule has 9 heteroatoms. The van der Waals surface area contributed by atoms with Crippen molar-refractivity contribution in [3.05, 3.63) is 65.4 Å². The molecule has 0 aliphatic carbocycles. The van der Waals surface area contributed by atoms with Gasteiger partial charge in [0.1, 0.15) is 18.6 Å². The smallest absolute Gasteiger partial charge is 0.226 e. The quantitative estimate of drug-likeness (QED) is 0.474. The first-order chi connectivity index (χ1) is 12.3. The summed E-state index contributed by atoms with van der Waals surface area (Å²) in [6.45, 7) is 0.481. The normalized spacial score (nSPS) is 11.1. The Balaban J connectivity index is 1.43. The van der Waals surface area contributed by atoms with Gasteiger partial charge >= 0.3 is 0 Å². The third kappa shape index (κ3) is 3.75. The van der Waals surface area contributed by atoms with Crippen LogP contribution in [-0.4, -0.2) is 25.2 Å². The van der Waals surface area contributed by atoms with Crippen molar-refractivity contribution in [3.63, 3.8) is 0 Å². The molecule has 0 amide bonds. The van der Waals surface area contributed by atoms with E-state index in [1.54, 1.807) is 17.2 Å². The topological polar surface area (TPSA) is 82.8 Å². The van der Waals surface area contributed by atoms with E-state index in [-0.39, 0.29) is 0 Å². The summed E-state index contributed by atoms with van der Waals surface area (Å²) in [6, 6.07) is 11.1. The highest BCUT2D eigenvalue weighted by Crippen LogP contribution is 2.25. The van der Waals surface area contributed by atoms with Crippen molar-refractivity contribution in [2.75, 3.05) is 0 Å². The number of tetrazole rings is 1. The second kappa shape index (κ2) is 7.12. The van der Waals surface area contributed by atoms with Gasteiger partial charge in [-0.3, -0.25) is 0 Å². The van der Waals surface area contributed by atoms with E-state index in [1.807, 2.05) is 36.4 Å². The van der Waals surface area contributed by atoms with E-state index in [2.05, 4.69) is 20.5 Å². The van der Waals surface area contributed by atoms with Gasteiger partial charge in [0.2, 0.25) is 11.0 Å². The lowest BCUT2D eigenvalue weighted by Crippen LogP contribution is -2.03. The van der Waals surface area contributed by atoms with Gasteiger partial charge in [0.15, 0.2) is 0 Å². The molecule has 0 bridgehead atoms. The van der Waals surface area contributed by atoms with E-state index in [1.165, 1.54) is 11.8 Å². The largest absolute Gasteiger partial charge is 0.467 e. The van der Waals surface area contributed by atoms with E-state index >= 15 is 0 Å². The maximum atomic E-state index is 6.00. The van der Waals surface area contributed by atoms with E-state index in [9.17, 15) is 0 Å². The molecule has 0 saturated heterocycles. The summed E-state index contributed by atoms with van der Waals surface area (Å²) in [4.78, 5) is 4.48. The standard InChI is InChI=1S/C16H12ClN5O2S/c17-12-4-1-3-11(7-12)15-18-13(9-24-15)10-25-16-19-20-21-22(16)8-14-5-2-6-23-14/h1-7,9H,8,10H2. The summed E-state index contributed by atoms with van der Waals surface area (Å²) in [5.41, 5.74) is 1.64. The summed E-state index contributed by atoms with van der Waals surface area (Å²) in [5, 5.41) is 13.1. The molecule has 1 aromatic carbocycles. The van der Waals surface area contributed by atoms with Gasteiger partial charge in [0, 0.05) is 16.3 Å². The average Bonchev–Trinajstić information content (AvgIpc) is 3.36. The molecule has 0 aliphatic heterocycles. The maximum absolute atomic E-state index is 6.00. The molecule has 3 heterocycles. The fourth-order valence-electron chi connectivity index (χ4n) is 2.22. The summed E-state index contributed by atoms with van der Waals surface area (Å²) in [6.07, 6.45) is 3.25. The minimum absolute atomic E-state index is 0.481. The Bertz CT molecular complexity index is 967. The summed E-state index contributed by atoms with van der Waals surface area (Å²) < 4.78 is 12.5. The number of oxazole rings is 1. The molecule has 0 atom stereocenters. The number of rotatable bonds is 6. The number of nitrogens with zero attached hydrogens (tertiary/aromatic N) is 5. The van der Waals surface area contributed by atoms with Gasteiger partial charge in [-0.2, -0.15) is 0 Å². The lowest BCUT2D eigenvalue weighted by molar-refractivity contribution is 0.462. The molecule has 3 aromatic heterocycles. The molecule has 25 heavy (non-hydrogen) atoms. The third-order valence-corrected chi connectivity index (χ3v) is 4.58. The summed E-state index contributed by atoms with van der Waals surface area (Å²) in [7, 11) is 0. The molecule has 0 spiro atoms. The van der Waals surface area contributed by atoms with Crippen LogP contribution in [-0.2, 0) is 12.3 Å². The van der Waals surface area contributed by atoms with E-state index in [0.29, 0.717) is 28.4 Å². The predicted octanol–water partition coefficient (Wildman–Crippen LogP) is 3.92. The third-order valence-electron chi connectivity index (χ3n) is 3.36. The minimum atomic E-state index is 0.481. The van der Waals surface area contributed by atoms with Gasteiger partial charge in [-0.05, 0) is 40.8 Å². The van der Waals surface area contributed by atoms with Gasteiger partial charge in [0.05, 0.1) is 12.0 Å². The fourth-order valence-corrected chi connectivity index (χ4v) is 3.16. The molecular formula is C16H12ClN5O2S. The number of thioether (sulfide) groups is 1. The van der Waals surface area contributed by atoms with Crippen LogP contribution in [0, 0.1) is 0 Å². The van der Waals surface area contributed by atoms with Crippen LogP contribution < -0.4 is 0 Å². The first-order valence-corrected chi connectivity index (χ1v) is 8.76. The molecule has 126 valence electrons. The van der Waals surface area contributed by atoms with Crippen LogP contribution in [0.4, 0.5) is 0 Å². The van der Waals surface area contributed by atoms with Crippen molar-refractivity contribution in [2.24, 2.45) is 0 Å². The molecule has 0 radical (unpaired) electrons. The number of furan rings is 1. The van der Waals surface area contributed by atoms with E-state index < -0.39 is 0 Å². The van der Waals surface area contributed by atoms with Gasteiger partial charge < -0.3 is 8.83 Å². The average molecular weight is 374 g/mol. The zero-order valence-electron chi connectivity index (χ0n) is 12.9.